The van der Waals surface area contributed by atoms with Gasteiger partial charge in [0, 0.05) is 0 Å². The van der Waals surface area contributed by atoms with E-state index in [9.17, 15) is 8.78 Å². The van der Waals surface area contributed by atoms with Gasteiger partial charge < -0.3 is 10.1 Å². The molecule has 1 unspecified atom stereocenters. The number of halogens is 3. The topological polar surface area (TPSA) is 21.3 Å². The zero-order chi connectivity index (χ0) is 15.5. The van der Waals surface area contributed by atoms with Crippen LogP contribution < -0.4 is 10.1 Å². The van der Waals surface area contributed by atoms with Crippen LogP contribution in [-0.2, 0) is 6.42 Å². The minimum absolute atomic E-state index is 0.265. The molecule has 2 nitrogen and oxygen atoms in total. The Morgan fingerprint density at radius 1 is 1.14 bits per heavy atom. The van der Waals surface area contributed by atoms with Crippen LogP contribution in [0.5, 0.6) is 11.5 Å². The standard InChI is InChI=1S/C17H16ClF2NO/c18-16-13(19)5-6-14(20)17(16)22-15-4-2-1-3-12(15)9-11-7-8-21-10-11/h1-6,11,21H,7-10H2. The summed E-state index contributed by atoms with van der Waals surface area (Å²) in [5, 5.41) is 2.98. The molecule has 116 valence electrons. The first-order valence-corrected chi connectivity index (χ1v) is 7.63. The minimum atomic E-state index is -0.699. The van der Waals surface area contributed by atoms with E-state index in [1.807, 2.05) is 12.1 Å². The van der Waals surface area contributed by atoms with E-state index in [-0.39, 0.29) is 10.8 Å². The quantitative estimate of drug-likeness (QED) is 0.833. The summed E-state index contributed by atoms with van der Waals surface area (Å²) in [4.78, 5) is 0. The van der Waals surface area contributed by atoms with Gasteiger partial charge in [0.25, 0.3) is 0 Å². The van der Waals surface area contributed by atoms with Gasteiger partial charge in [0.2, 0.25) is 0 Å². The van der Waals surface area contributed by atoms with Crippen molar-refractivity contribution in [2.45, 2.75) is 12.8 Å². The van der Waals surface area contributed by atoms with Crippen LogP contribution in [0.25, 0.3) is 0 Å². The van der Waals surface area contributed by atoms with E-state index in [0.29, 0.717) is 11.7 Å². The molecule has 0 radical (unpaired) electrons. The molecule has 2 aromatic carbocycles. The predicted octanol–water partition coefficient (Wildman–Crippen LogP) is 4.56. The van der Waals surface area contributed by atoms with Crippen molar-refractivity contribution in [3.8, 4) is 11.5 Å². The van der Waals surface area contributed by atoms with Crippen LogP contribution in [0.4, 0.5) is 8.78 Å². The average molecular weight is 324 g/mol. The third-order valence-electron chi connectivity index (χ3n) is 3.86. The van der Waals surface area contributed by atoms with Gasteiger partial charge in [-0.3, -0.25) is 0 Å². The fraction of sp³-hybridized carbons (Fsp3) is 0.294. The highest BCUT2D eigenvalue weighted by Crippen LogP contribution is 2.36. The minimum Gasteiger partial charge on any atom is -0.452 e. The zero-order valence-electron chi connectivity index (χ0n) is 11.9. The van der Waals surface area contributed by atoms with Crippen molar-refractivity contribution in [2.24, 2.45) is 5.92 Å². The monoisotopic (exact) mass is 323 g/mol. The van der Waals surface area contributed by atoms with Crippen LogP contribution in [0.3, 0.4) is 0 Å². The Morgan fingerprint density at radius 2 is 1.91 bits per heavy atom. The summed E-state index contributed by atoms with van der Waals surface area (Å²) in [7, 11) is 0. The Labute approximate surface area is 133 Å². The SMILES string of the molecule is Fc1ccc(F)c(Oc2ccccc2CC2CCNC2)c1Cl. The summed E-state index contributed by atoms with van der Waals surface area (Å²) in [6.07, 6.45) is 1.93. The lowest BCUT2D eigenvalue weighted by Crippen LogP contribution is -2.11. The maximum absolute atomic E-state index is 13.9. The van der Waals surface area contributed by atoms with Crippen molar-refractivity contribution < 1.29 is 13.5 Å². The summed E-state index contributed by atoms with van der Waals surface area (Å²) in [6.45, 7) is 1.97. The Bertz CT molecular complexity index is 672. The molecule has 0 saturated carbocycles. The van der Waals surface area contributed by atoms with Gasteiger partial charge >= 0.3 is 0 Å². The lowest BCUT2D eigenvalue weighted by atomic mass is 9.98. The van der Waals surface area contributed by atoms with E-state index in [2.05, 4.69) is 5.32 Å². The van der Waals surface area contributed by atoms with Crippen LogP contribution in [-0.4, -0.2) is 13.1 Å². The molecule has 1 N–H and O–H groups in total. The lowest BCUT2D eigenvalue weighted by Gasteiger charge is -2.15. The van der Waals surface area contributed by atoms with Crippen molar-refractivity contribution in [2.75, 3.05) is 13.1 Å². The van der Waals surface area contributed by atoms with Gasteiger partial charge in [0.15, 0.2) is 11.6 Å². The molecule has 1 aliphatic rings. The second-order valence-electron chi connectivity index (χ2n) is 5.45. The molecule has 0 aromatic heterocycles. The first kappa shape index (κ1) is 15.3. The Hall–Kier alpha value is -1.65. The molecule has 0 amide bonds. The van der Waals surface area contributed by atoms with Crippen molar-refractivity contribution in [3.63, 3.8) is 0 Å². The number of para-hydroxylation sites is 1. The highest BCUT2D eigenvalue weighted by atomic mass is 35.5. The van der Waals surface area contributed by atoms with E-state index < -0.39 is 11.6 Å². The van der Waals surface area contributed by atoms with Crippen LogP contribution in [0.2, 0.25) is 5.02 Å². The normalized spacial score (nSPS) is 17.7. The van der Waals surface area contributed by atoms with Gasteiger partial charge in [-0.1, -0.05) is 29.8 Å². The van der Waals surface area contributed by atoms with E-state index in [1.165, 1.54) is 0 Å². The van der Waals surface area contributed by atoms with Crippen LogP contribution in [0, 0.1) is 17.6 Å². The van der Waals surface area contributed by atoms with Gasteiger partial charge in [-0.25, -0.2) is 8.78 Å². The number of ether oxygens (including phenoxy) is 1. The highest BCUT2D eigenvalue weighted by molar-refractivity contribution is 6.32. The Kier molecular flexibility index (Phi) is 4.60. The lowest BCUT2D eigenvalue weighted by molar-refractivity contribution is 0.428. The molecular formula is C17H16ClF2NO. The van der Waals surface area contributed by atoms with E-state index >= 15 is 0 Å². The van der Waals surface area contributed by atoms with Crippen molar-refractivity contribution >= 4 is 11.6 Å². The fourth-order valence-corrected chi connectivity index (χ4v) is 2.88. The van der Waals surface area contributed by atoms with Gasteiger partial charge in [0.1, 0.15) is 16.6 Å². The number of nitrogens with one attached hydrogen (secondary N) is 1. The molecular weight excluding hydrogens is 308 g/mol. The third-order valence-corrected chi connectivity index (χ3v) is 4.21. The first-order chi connectivity index (χ1) is 10.6. The molecule has 5 heteroatoms. The third kappa shape index (κ3) is 3.23. The van der Waals surface area contributed by atoms with Gasteiger partial charge in [0.05, 0.1) is 0 Å². The molecule has 1 atom stereocenters. The summed E-state index contributed by atoms with van der Waals surface area (Å²) < 4.78 is 33.0. The molecule has 2 aromatic rings. The highest BCUT2D eigenvalue weighted by Gasteiger charge is 2.19. The molecule has 22 heavy (non-hydrogen) atoms. The second-order valence-corrected chi connectivity index (χ2v) is 5.82. The van der Waals surface area contributed by atoms with Crippen molar-refractivity contribution in [3.05, 3.63) is 58.6 Å². The molecule has 1 saturated heterocycles. The predicted molar refractivity (Wildman–Crippen MR) is 82.6 cm³/mol. The number of hydrogen-bond acceptors (Lipinski definition) is 2. The fourth-order valence-electron chi connectivity index (χ4n) is 2.68. The number of rotatable bonds is 4. The van der Waals surface area contributed by atoms with Gasteiger partial charge in [-0.15, -0.1) is 0 Å². The van der Waals surface area contributed by atoms with E-state index in [1.54, 1.807) is 12.1 Å². The first-order valence-electron chi connectivity index (χ1n) is 7.25. The Balaban J connectivity index is 1.88. The molecule has 3 rings (SSSR count). The molecule has 1 aliphatic heterocycles. The van der Waals surface area contributed by atoms with E-state index in [0.717, 1.165) is 43.6 Å². The smallest absolute Gasteiger partial charge is 0.184 e. The summed E-state index contributed by atoms with van der Waals surface area (Å²) in [5.74, 6) is -0.601. The molecule has 0 aliphatic carbocycles. The molecule has 0 spiro atoms. The van der Waals surface area contributed by atoms with Crippen molar-refractivity contribution in [1.82, 2.24) is 5.32 Å². The Morgan fingerprint density at radius 3 is 2.68 bits per heavy atom. The van der Waals surface area contributed by atoms with Gasteiger partial charge in [-0.05, 0) is 55.6 Å². The average Bonchev–Trinajstić information content (AvgIpc) is 3.02. The summed E-state index contributed by atoms with van der Waals surface area (Å²) in [6, 6.07) is 9.41. The molecule has 0 bridgehead atoms. The van der Waals surface area contributed by atoms with Crippen LogP contribution in [0.15, 0.2) is 36.4 Å². The summed E-state index contributed by atoms with van der Waals surface area (Å²) >= 11 is 5.82. The zero-order valence-corrected chi connectivity index (χ0v) is 12.7. The maximum atomic E-state index is 13.9. The second kappa shape index (κ2) is 6.63. The number of benzene rings is 2. The molecule has 1 fully saturated rings. The summed E-state index contributed by atoms with van der Waals surface area (Å²) in [5.41, 5.74) is 0.968. The van der Waals surface area contributed by atoms with Gasteiger partial charge in [-0.2, -0.15) is 0 Å². The largest absolute Gasteiger partial charge is 0.452 e. The maximum Gasteiger partial charge on any atom is 0.184 e. The van der Waals surface area contributed by atoms with E-state index in [4.69, 9.17) is 16.3 Å². The van der Waals surface area contributed by atoms with Crippen LogP contribution >= 0.6 is 11.6 Å². The molecule has 1 heterocycles. The van der Waals surface area contributed by atoms with Crippen molar-refractivity contribution in [1.29, 1.82) is 0 Å². The number of hydrogen-bond donors (Lipinski definition) is 1. The van der Waals surface area contributed by atoms with Crippen LogP contribution in [0.1, 0.15) is 12.0 Å².